The second-order valence-electron chi connectivity index (χ2n) is 4.51. The molecule has 1 heterocycles. The van der Waals surface area contributed by atoms with Crippen LogP contribution >= 0.6 is 0 Å². The first kappa shape index (κ1) is 15.4. The number of rotatable bonds is 7. The van der Waals surface area contributed by atoms with Gasteiger partial charge >= 0.3 is 6.36 Å². The number of aryl methyl sites for hydroxylation is 1. The van der Waals surface area contributed by atoms with E-state index in [1.807, 2.05) is 0 Å². The molecular formula is C14H16F3N3O. The molecule has 0 fully saturated rings. The molecular weight excluding hydrogens is 283 g/mol. The molecule has 2 rings (SSSR count). The SMILES string of the molecule is FC(F)(F)Oc1ccc(CNCCCc2ncc[nH]2)cc1. The zero-order chi connectivity index (χ0) is 15.1. The van der Waals surface area contributed by atoms with E-state index in [1.54, 1.807) is 24.5 Å². The van der Waals surface area contributed by atoms with Gasteiger partial charge in [0.1, 0.15) is 11.6 Å². The molecule has 0 aliphatic rings. The average molecular weight is 299 g/mol. The van der Waals surface area contributed by atoms with Crippen molar-refractivity contribution >= 4 is 0 Å². The Morgan fingerprint density at radius 3 is 2.57 bits per heavy atom. The van der Waals surface area contributed by atoms with Crippen LogP contribution in [0.15, 0.2) is 36.7 Å². The monoisotopic (exact) mass is 299 g/mol. The van der Waals surface area contributed by atoms with Gasteiger partial charge in [-0.3, -0.25) is 0 Å². The molecule has 114 valence electrons. The van der Waals surface area contributed by atoms with Gasteiger partial charge < -0.3 is 15.0 Å². The smallest absolute Gasteiger partial charge is 0.406 e. The topological polar surface area (TPSA) is 49.9 Å². The highest BCUT2D eigenvalue weighted by Crippen LogP contribution is 2.22. The Labute approximate surface area is 120 Å². The summed E-state index contributed by atoms with van der Waals surface area (Å²) in [6.45, 7) is 1.41. The number of H-pyrrole nitrogens is 1. The fourth-order valence-corrected chi connectivity index (χ4v) is 1.86. The third-order valence-corrected chi connectivity index (χ3v) is 2.81. The molecule has 0 atom stereocenters. The Bertz CT molecular complexity index is 523. The minimum atomic E-state index is -4.65. The Hall–Kier alpha value is -2.02. The van der Waals surface area contributed by atoms with Crippen molar-refractivity contribution in [3.8, 4) is 5.75 Å². The quantitative estimate of drug-likeness (QED) is 0.773. The second kappa shape index (κ2) is 7.12. The van der Waals surface area contributed by atoms with Gasteiger partial charge in [-0.15, -0.1) is 13.2 Å². The molecule has 21 heavy (non-hydrogen) atoms. The van der Waals surface area contributed by atoms with E-state index in [4.69, 9.17) is 0 Å². The maximum absolute atomic E-state index is 12.0. The predicted molar refractivity (Wildman–Crippen MR) is 71.7 cm³/mol. The van der Waals surface area contributed by atoms with Crippen molar-refractivity contribution < 1.29 is 17.9 Å². The van der Waals surface area contributed by atoms with Crippen molar-refractivity contribution in [1.82, 2.24) is 15.3 Å². The van der Waals surface area contributed by atoms with E-state index >= 15 is 0 Å². The van der Waals surface area contributed by atoms with Crippen molar-refractivity contribution in [3.63, 3.8) is 0 Å². The molecule has 0 radical (unpaired) electrons. The summed E-state index contributed by atoms with van der Waals surface area (Å²) < 4.78 is 39.8. The molecule has 0 amide bonds. The molecule has 0 saturated carbocycles. The van der Waals surface area contributed by atoms with Crippen LogP contribution < -0.4 is 10.1 Å². The van der Waals surface area contributed by atoms with E-state index in [1.165, 1.54) is 12.1 Å². The molecule has 2 aromatic rings. The van der Waals surface area contributed by atoms with Crippen LogP contribution in [0.5, 0.6) is 5.75 Å². The van der Waals surface area contributed by atoms with Gasteiger partial charge in [-0.25, -0.2) is 4.98 Å². The largest absolute Gasteiger partial charge is 0.573 e. The normalized spacial score (nSPS) is 11.6. The summed E-state index contributed by atoms with van der Waals surface area (Å²) >= 11 is 0. The summed E-state index contributed by atoms with van der Waals surface area (Å²) in [4.78, 5) is 7.15. The number of hydrogen-bond donors (Lipinski definition) is 2. The first-order valence-corrected chi connectivity index (χ1v) is 6.56. The van der Waals surface area contributed by atoms with Gasteiger partial charge in [-0.05, 0) is 30.7 Å². The number of nitrogens with zero attached hydrogens (tertiary/aromatic N) is 1. The number of hydrogen-bond acceptors (Lipinski definition) is 3. The number of benzene rings is 1. The summed E-state index contributed by atoms with van der Waals surface area (Å²) in [5, 5.41) is 3.23. The van der Waals surface area contributed by atoms with E-state index in [9.17, 15) is 13.2 Å². The lowest BCUT2D eigenvalue weighted by atomic mass is 10.2. The number of imidazole rings is 1. The van der Waals surface area contributed by atoms with Gasteiger partial charge in [0.15, 0.2) is 0 Å². The number of alkyl halides is 3. The van der Waals surface area contributed by atoms with Gasteiger partial charge in [-0.2, -0.15) is 0 Å². The Morgan fingerprint density at radius 1 is 1.19 bits per heavy atom. The van der Waals surface area contributed by atoms with Crippen LogP contribution in [0.3, 0.4) is 0 Å². The zero-order valence-electron chi connectivity index (χ0n) is 11.3. The maximum Gasteiger partial charge on any atom is 0.573 e. The Morgan fingerprint density at radius 2 is 1.95 bits per heavy atom. The Kier molecular flexibility index (Phi) is 5.21. The second-order valence-corrected chi connectivity index (χ2v) is 4.51. The summed E-state index contributed by atoms with van der Waals surface area (Å²) in [5.41, 5.74) is 0.905. The Balaban J connectivity index is 1.66. The van der Waals surface area contributed by atoms with Crippen LogP contribution in [-0.2, 0) is 13.0 Å². The highest BCUT2D eigenvalue weighted by molar-refractivity contribution is 5.27. The van der Waals surface area contributed by atoms with Crippen LogP contribution in [-0.4, -0.2) is 22.9 Å². The highest BCUT2D eigenvalue weighted by Gasteiger charge is 2.30. The first-order chi connectivity index (χ1) is 10.0. The molecule has 1 aromatic heterocycles. The minimum absolute atomic E-state index is 0.205. The van der Waals surface area contributed by atoms with Crippen LogP contribution in [0.2, 0.25) is 0 Å². The third kappa shape index (κ3) is 5.86. The molecule has 0 aliphatic heterocycles. The molecule has 2 N–H and O–H groups in total. The molecule has 7 heteroatoms. The van der Waals surface area contributed by atoms with Crippen molar-refractivity contribution in [1.29, 1.82) is 0 Å². The van der Waals surface area contributed by atoms with Crippen LogP contribution in [0, 0.1) is 0 Å². The van der Waals surface area contributed by atoms with Crippen molar-refractivity contribution in [2.24, 2.45) is 0 Å². The predicted octanol–water partition coefficient (Wildman–Crippen LogP) is 3.03. The van der Waals surface area contributed by atoms with Crippen molar-refractivity contribution in [3.05, 3.63) is 48.0 Å². The fourth-order valence-electron chi connectivity index (χ4n) is 1.86. The van der Waals surface area contributed by atoms with E-state index in [0.717, 1.165) is 30.8 Å². The maximum atomic E-state index is 12.0. The van der Waals surface area contributed by atoms with Crippen molar-refractivity contribution in [2.45, 2.75) is 25.7 Å². The third-order valence-electron chi connectivity index (χ3n) is 2.81. The van der Waals surface area contributed by atoms with Gasteiger partial charge in [0.05, 0.1) is 0 Å². The molecule has 4 nitrogen and oxygen atoms in total. The molecule has 0 bridgehead atoms. The number of ether oxygens (including phenoxy) is 1. The lowest BCUT2D eigenvalue weighted by molar-refractivity contribution is -0.274. The fraction of sp³-hybridized carbons (Fsp3) is 0.357. The molecule has 0 saturated heterocycles. The summed E-state index contributed by atoms with van der Waals surface area (Å²) in [5.74, 6) is 0.745. The van der Waals surface area contributed by atoms with Gasteiger partial charge in [0.2, 0.25) is 0 Å². The molecule has 1 aromatic carbocycles. The summed E-state index contributed by atoms with van der Waals surface area (Å²) in [6, 6.07) is 5.85. The van der Waals surface area contributed by atoms with Crippen LogP contribution in [0.4, 0.5) is 13.2 Å². The lowest BCUT2D eigenvalue weighted by Crippen LogP contribution is -2.17. The number of nitrogens with one attached hydrogen (secondary N) is 2. The molecule has 0 aliphatic carbocycles. The summed E-state index contributed by atoms with van der Waals surface area (Å²) in [6.07, 6.45) is 0.646. The first-order valence-electron chi connectivity index (χ1n) is 6.56. The van der Waals surface area contributed by atoms with Gasteiger partial charge in [0, 0.05) is 25.4 Å². The van der Waals surface area contributed by atoms with E-state index in [-0.39, 0.29) is 5.75 Å². The van der Waals surface area contributed by atoms with Crippen LogP contribution in [0.1, 0.15) is 17.8 Å². The number of aromatic amines is 1. The average Bonchev–Trinajstić information content (AvgIpc) is 2.92. The number of aromatic nitrogens is 2. The van der Waals surface area contributed by atoms with Crippen LogP contribution in [0.25, 0.3) is 0 Å². The molecule has 0 spiro atoms. The van der Waals surface area contributed by atoms with Crippen molar-refractivity contribution in [2.75, 3.05) is 6.54 Å². The standard InChI is InChI=1S/C14H16F3N3O/c15-14(16,17)21-12-5-3-11(4-6-12)10-18-7-1-2-13-19-8-9-20-13/h3-6,8-9,18H,1-2,7,10H2,(H,19,20). The lowest BCUT2D eigenvalue weighted by Gasteiger charge is -2.09. The highest BCUT2D eigenvalue weighted by atomic mass is 19.4. The summed E-state index contributed by atoms with van der Waals surface area (Å²) in [7, 11) is 0. The molecule has 0 unspecified atom stereocenters. The zero-order valence-corrected chi connectivity index (χ0v) is 11.3. The van der Waals surface area contributed by atoms with E-state index < -0.39 is 6.36 Å². The van der Waals surface area contributed by atoms with Gasteiger partial charge in [-0.1, -0.05) is 12.1 Å². The van der Waals surface area contributed by atoms with E-state index in [0.29, 0.717) is 6.54 Å². The van der Waals surface area contributed by atoms with E-state index in [2.05, 4.69) is 20.0 Å². The van der Waals surface area contributed by atoms with Gasteiger partial charge in [0.25, 0.3) is 0 Å². The minimum Gasteiger partial charge on any atom is -0.406 e. The number of halogens is 3.